The van der Waals surface area contributed by atoms with Crippen LogP contribution in [0, 0.1) is 22.9 Å². The standard InChI is InChI=1S/C23H21F6N3O4/c1-22(2,3)17(9-33)32-8-13(21(35)36)18(34)11-6-16(19(23(27,28)29)31-20(11)32)30-7-12-14(25)4-10(24)5-15(12)26/h4-6,8,17,30,33H,7,9H2,1-3H3,(H,35,36)/t17-/m1/s1. The summed E-state index contributed by atoms with van der Waals surface area (Å²) < 4.78 is 84.0. The number of pyridine rings is 2. The lowest BCUT2D eigenvalue weighted by atomic mass is 9.86. The molecule has 1 aromatic carbocycles. The summed E-state index contributed by atoms with van der Waals surface area (Å²) in [6.45, 7) is 3.44. The molecule has 2 heterocycles. The summed E-state index contributed by atoms with van der Waals surface area (Å²) in [5, 5.41) is 21.1. The van der Waals surface area contributed by atoms with Crippen molar-refractivity contribution in [3.63, 3.8) is 0 Å². The molecule has 0 fully saturated rings. The molecule has 0 spiro atoms. The van der Waals surface area contributed by atoms with Gasteiger partial charge in [-0.05, 0) is 11.5 Å². The van der Waals surface area contributed by atoms with E-state index in [0.717, 1.165) is 10.8 Å². The molecule has 0 saturated carbocycles. The number of nitrogens with one attached hydrogen (secondary N) is 1. The van der Waals surface area contributed by atoms with Crippen LogP contribution in [0.5, 0.6) is 0 Å². The first kappa shape index (κ1) is 27.0. The van der Waals surface area contributed by atoms with Gasteiger partial charge in [0.15, 0.2) is 5.69 Å². The third-order valence-electron chi connectivity index (χ3n) is 5.57. The number of carboxylic acid groups (broad SMARTS) is 1. The van der Waals surface area contributed by atoms with E-state index in [0.29, 0.717) is 18.2 Å². The molecule has 0 bridgehead atoms. The fourth-order valence-electron chi connectivity index (χ4n) is 3.72. The van der Waals surface area contributed by atoms with Crippen LogP contribution in [0.1, 0.15) is 48.4 Å². The van der Waals surface area contributed by atoms with Gasteiger partial charge in [-0.2, -0.15) is 13.2 Å². The fourth-order valence-corrected chi connectivity index (χ4v) is 3.72. The molecule has 36 heavy (non-hydrogen) atoms. The van der Waals surface area contributed by atoms with E-state index >= 15 is 0 Å². The molecule has 3 N–H and O–H groups in total. The van der Waals surface area contributed by atoms with Gasteiger partial charge < -0.3 is 20.1 Å². The van der Waals surface area contributed by atoms with Crippen molar-refractivity contribution in [1.29, 1.82) is 0 Å². The topological polar surface area (TPSA) is 104 Å². The number of aliphatic hydroxyl groups is 1. The Balaban J connectivity index is 2.31. The van der Waals surface area contributed by atoms with E-state index in [9.17, 15) is 46.1 Å². The number of fused-ring (bicyclic) bond motifs is 1. The van der Waals surface area contributed by atoms with E-state index in [1.165, 1.54) is 0 Å². The number of aromatic nitrogens is 2. The second-order valence-electron chi connectivity index (χ2n) is 9.10. The first-order valence-electron chi connectivity index (χ1n) is 10.4. The average Bonchev–Trinajstić information content (AvgIpc) is 2.72. The highest BCUT2D eigenvalue weighted by molar-refractivity contribution is 5.92. The molecular formula is C23H21F6N3O4. The van der Waals surface area contributed by atoms with Crippen LogP contribution in [-0.4, -0.2) is 32.3 Å². The summed E-state index contributed by atoms with van der Waals surface area (Å²) in [7, 11) is 0. The summed E-state index contributed by atoms with van der Waals surface area (Å²) in [4.78, 5) is 28.1. The summed E-state index contributed by atoms with van der Waals surface area (Å²) in [6.07, 6.45) is -4.29. The maximum Gasteiger partial charge on any atom is 0.435 e. The Morgan fingerprint density at radius 2 is 1.69 bits per heavy atom. The number of carbonyl (C=O) groups is 1. The molecule has 7 nitrogen and oxygen atoms in total. The van der Waals surface area contributed by atoms with E-state index in [-0.39, 0.29) is 0 Å². The number of aliphatic hydroxyl groups excluding tert-OH is 1. The first-order valence-corrected chi connectivity index (χ1v) is 10.4. The number of aromatic carboxylic acids is 1. The lowest BCUT2D eigenvalue weighted by Gasteiger charge is -2.32. The van der Waals surface area contributed by atoms with Crippen LogP contribution in [0.2, 0.25) is 0 Å². The van der Waals surface area contributed by atoms with Crippen molar-refractivity contribution in [2.24, 2.45) is 5.41 Å². The molecule has 0 aliphatic carbocycles. The Hall–Kier alpha value is -3.61. The van der Waals surface area contributed by atoms with Gasteiger partial charge in [0.1, 0.15) is 28.7 Å². The zero-order chi connectivity index (χ0) is 27.2. The molecule has 3 rings (SSSR count). The van der Waals surface area contributed by atoms with Crippen molar-refractivity contribution >= 4 is 22.7 Å². The molecule has 3 aromatic rings. The van der Waals surface area contributed by atoms with E-state index < -0.39 is 93.2 Å². The lowest BCUT2D eigenvalue weighted by molar-refractivity contribution is -0.140. The van der Waals surface area contributed by atoms with Gasteiger partial charge in [0.05, 0.1) is 23.7 Å². The molecule has 0 saturated heterocycles. The fraction of sp³-hybridized carbons (Fsp3) is 0.348. The van der Waals surface area contributed by atoms with Crippen LogP contribution in [0.4, 0.5) is 32.0 Å². The average molecular weight is 517 g/mol. The minimum atomic E-state index is -5.11. The van der Waals surface area contributed by atoms with Crippen LogP contribution in [0.3, 0.4) is 0 Å². The maximum absolute atomic E-state index is 14.0. The summed E-state index contributed by atoms with van der Waals surface area (Å²) in [5.41, 5.74) is -6.47. The Labute approximate surface area is 200 Å². The van der Waals surface area contributed by atoms with Crippen LogP contribution in [0.25, 0.3) is 11.0 Å². The van der Waals surface area contributed by atoms with Crippen molar-refractivity contribution in [3.05, 3.63) is 68.9 Å². The number of carboxylic acids is 1. The highest BCUT2D eigenvalue weighted by Crippen LogP contribution is 2.37. The molecule has 13 heteroatoms. The molecule has 0 unspecified atom stereocenters. The minimum absolute atomic E-state index is 0.350. The van der Waals surface area contributed by atoms with Gasteiger partial charge in [0.2, 0.25) is 5.43 Å². The zero-order valence-corrected chi connectivity index (χ0v) is 19.2. The predicted molar refractivity (Wildman–Crippen MR) is 117 cm³/mol. The van der Waals surface area contributed by atoms with Gasteiger partial charge >= 0.3 is 12.1 Å². The van der Waals surface area contributed by atoms with Crippen LogP contribution >= 0.6 is 0 Å². The van der Waals surface area contributed by atoms with Gasteiger partial charge in [-0.25, -0.2) is 22.9 Å². The number of anilines is 1. The third kappa shape index (κ3) is 5.15. The number of benzene rings is 1. The number of hydrogen-bond donors (Lipinski definition) is 3. The summed E-state index contributed by atoms with van der Waals surface area (Å²) >= 11 is 0. The van der Waals surface area contributed by atoms with Crippen LogP contribution < -0.4 is 10.7 Å². The number of alkyl halides is 3. The van der Waals surface area contributed by atoms with E-state index in [2.05, 4.69) is 10.3 Å². The van der Waals surface area contributed by atoms with Gasteiger partial charge in [0.25, 0.3) is 0 Å². The van der Waals surface area contributed by atoms with E-state index in [1.54, 1.807) is 20.8 Å². The zero-order valence-electron chi connectivity index (χ0n) is 19.2. The first-order chi connectivity index (χ1) is 16.6. The number of nitrogens with zero attached hydrogens (tertiary/aromatic N) is 2. The Morgan fingerprint density at radius 3 is 2.17 bits per heavy atom. The highest BCUT2D eigenvalue weighted by Gasteiger charge is 2.38. The molecule has 1 atom stereocenters. The van der Waals surface area contributed by atoms with Crippen LogP contribution in [0.15, 0.2) is 29.2 Å². The molecule has 2 aromatic heterocycles. The Bertz CT molecular complexity index is 1370. The van der Waals surface area contributed by atoms with Gasteiger partial charge in [0, 0.05) is 30.4 Å². The number of rotatable bonds is 6. The second kappa shape index (κ2) is 9.45. The monoisotopic (exact) mass is 517 g/mol. The summed E-state index contributed by atoms with van der Waals surface area (Å²) in [5.74, 6) is -5.59. The quantitative estimate of drug-likeness (QED) is 0.409. The maximum atomic E-state index is 14.0. The molecule has 0 aliphatic heterocycles. The van der Waals surface area contributed by atoms with E-state index in [4.69, 9.17) is 0 Å². The lowest BCUT2D eigenvalue weighted by Crippen LogP contribution is -2.31. The number of hydrogen-bond acceptors (Lipinski definition) is 5. The largest absolute Gasteiger partial charge is 0.477 e. The SMILES string of the molecule is CC(C)(C)[C@@H](CO)n1cc(C(=O)O)c(=O)c2cc(NCc3c(F)cc(F)cc3F)c(C(F)(F)F)nc21. The highest BCUT2D eigenvalue weighted by atomic mass is 19.4. The van der Waals surface area contributed by atoms with Crippen molar-refractivity contribution in [2.75, 3.05) is 11.9 Å². The molecule has 0 amide bonds. The Kier molecular flexibility index (Phi) is 7.08. The summed E-state index contributed by atoms with van der Waals surface area (Å²) in [6, 6.07) is 0.409. The second-order valence-corrected chi connectivity index (χ2v) is 9.10. The van der Waals surface area contributed by atoms with Crippen molar-refractivity contribution < 1.29 is 41.4 Å². The molecule has 0 radical (unpaired) electrons. The minimum Gasteiger partial charge on any atom is -0.477 e. The van der Waals surface area contributed by atoms with Gasteiger partial charge in [-0.15, -0.1) is 0 Å². The van der Waals surface area contributed by atoms with Crippen molar-refractivity contribution in [1.82, 2.24) is 9.55 Å². The third-order valence-corrected chi connectivity index (χ3v) is 5.57. The van der Waals surface area contributed by atoms with Crippen LogP contribution in [-0.2, 0) is 12.7 Å². The van der Waals surface area contributed by atoms with Crippen molar-refractivity contribution in [2.45, 2.75) is 39.5 Å². The normalized spacial score (nSPS) is 13.2. The molecule has 194 valence electrons. The van der Waals surface area contributed by atoms with E-state index in [1.807, 2.05) is 0 Å². The van der Waals surface area contributed by atoms with Crippen molar-refractivity contribution in [3.8, 4) is 0 Å². The predicted octanol–water partition coefficient (Wildman–Crippen LogP) is 4.72. The number of halogens is 6. The molecular weight excluding hydrogens is 496 g/mol. The molecule has 0 aliphatic rings. The van der Waals surface area contributed by atoms with Gasteiger partial charge in [-0.1, -0.05) is 20.8 Å². The smallest absolute Gasteiger partial charge is 0.435 e. The Morgan fingerprint density at radius 1 is 1.11 bits per heavy atom. The van der Waals surface area contributed by atoms with Gasteiger partial charge in [-0.3, -0.25) is 4.79 Å².